The van der Waals surface area contributed by atoms with Crippen molar-refractivity contribution in [2.75, 3.05) is 29.5 Å². The Kier molecular flexibility index (Phi) is 4.29. The van der Waals surface area contributed by atoms with Crippen LogP contribution in [0.25, 0.3) is 0 Å². The summed E-state index contributed by atoms with van der Waals surface area (Å²) < 4.78 is 5.86. The minimum absolute atomic E-state index is 0.705. The Bertz CT molecular complexity index is 817. The predicted octanol–water partition coefficient (Wildman–Crippen LogP) is 3.97. The van der Waals surface area contributed by atoms with Crippen LogP contribution in [-0.2, 0) is 6.54 Å². The van der Waals surface area contributed by atoms with Crippen LogP contribution in [0.4, 0.5) is 17.1 Å². The van der Waals surface area contributed by atoms with Gasteiger partial charge >= 0.3 is 0 Å². The lowest BCUT2D eigenvalue weighted by atomic mass is 10.1. The van der Waals surface area contributed by atoms with E-state index in [0.717, 1.165) is 36.8 Å². The van der Waals surface area contributed by atoms with Gasteiger partial charge in [0.15, 0.2) is 0 Å². The van der Waals surface area contributed by atoms with Crippen molar-refractivity contribution in [3.8, 4) is 5.75 Å². The van der Waals surface area contributed by atoms with Crippen LogP contribution >= 0.6 is 0 Å². The highest BCUT2D eigenvalue weighted by Crippen LogP contribution is 2.37. The van der Waals surface area contributed by atoms with Gasteiger partial charge in [-0.15, -0.1) is 0 Å². The first kappa shape index (κ1) is 15.6. The van der Waals surface area contributed by atoms with Gasteiger partial charge in [-0.2, -0.15) is 0 Å². The Morgan fingerprint density at radius 3 is 2.80 bits per heavy atom. The van der Waals surface area contributed by atoms with E-state index in [9.17, 15) is 0 Å². The zero-order valence-corrected chi connectivity index (χ0v) is 14.4. The van der Waals surface area contributed by atoms with Crippen molar-refractivity contribution in [1.82, 2.24) is 9.97 Å². The van der Waals surface area contributed by atoms with Crippen molar-refractivity contribution in [3.63, 3.8) is 0 Å². The smallest absolute Gasteiger partial charge is 0.142 e. The number of nitrogens with one attached hydrogen (secondary N) is 1. The molecular weight excluding hydrogens is 312 g/mol. The lowest BCUT2D eigenvalue weighted by molar-refractivity contribution is 0.306. The minimum Gasteiger partial charge on any atom is -0.490 e. The zero-order chi connectivity index (χ0) is 17.1. The van der Waals surface area contributed by atoms with Crippen LogP contribution in [0.5, 0.6) is 5.75 Å². The summed E-state index contributed by atoms with van der Waals surface area (Å²) >= 11 is 0. The van der Waals surface area contributed by atoms with Gasteiger partial charge in [-0.1, -0.05) is 18.2 Å². The number of rotatable bonds is 5. The first-order chi connectivity index (χ1) is 12.3. The maximum Gasteiger partial charge on any atom is 0.142 e. The predicted molar refractivity (Wildman–Crippen MR) is 101 cm³/mol. The van der Waals surface area contributed by atoms with Gasteiger partial charge in [0.25, 0.3) is 0 Å². The third-order valence-electron chi connectivity index (χ3n) is 4.51. The molecule has 0 spiro atoms. The van der Waals surface area contributed by atoms with E-state index in [0.29, 0.717) is 6.61 Å². The number of nitrogens with zero attached hydrogens (tertiary/aromatic N) is 3. The Hall–Kier alpha value is -2.95. The number of benzene rings is 2. The van der Waals surface area contributed by atoms with Gasteiger partial charge < -0.3 is 19.5 Å². The van der Waals surface area contributed by atoms with Crippen molar-refractivity contribution < 1.29 is 4.74 Å². The van der Waals surface area contributed by atoms with Gasteiger partial charge in [-0.25, -0.2) is 4.98 Å². The number of aromatic amines is 1. The molecule has 128 valence electrons. The number of fused-ring (bicyclic) bond motifs is 1. The molecule has 1 aliphatic rings. The van der Waals surface area contributed by atoms with Gasteiger partial charge in [0.2, 0.25) is 0 Å². The zero-order valence-electron chi connectivity index (χ0n) is 14.4. The molecule has 3 aromatic rings. The van der Waals surface area contributed by atoms with Gasteiger partial charge in [-0.05, 0) is 37.3 Å². The van der Waals surface area contributed by atoms with Crippen LogP contribution in [0.1, 0.15) is 12.6 Å². The highest BCUT2D eigenvalue weighted by Gasteiger charge is 2.20. The van der Waals surface area contributed by atoms with E-state index in [2.05, 4.69) is 69.2 Å². The largest absolute Gasteiger partial charge is 0.490 e. The third-order valence-corrected chi connectivity index (χ3v) is 4.51. The summed E-state index contributed by atoms with van der Waals surface area (Å²) in [5, 5.41) is 0. The van der Waals surface area contributed by atoms with Crippen LogP contribution in [0.3, 0.4) is 0 Å². The Morgan fingerprint density at radius 1 is 1.16 bits per heavy atom. The molecule has 5 heteroatoms. The second-order valence-electron chi connectivity index (χ2n) is 6.08. The maximum absolute atomic E-state index is 5.86. The molecule has 0 fully saturated rings. The second-order valence-corrected chi connectivity index (χ2v) is 6.08. The number of hydrogen-bond donors (Lipinski definition) is 1. The molecule has 0 aliphatic carbocycles. The van der Waals surface area contributed by atoms with Crippen LogP contribution < -0.4 is 14.5 Å². The summed E-state index contributed by atoms with van der Waals surface area (Å²) in [6.45, 7) is 5.45. The highest BCUT2D eigenvalue weighted by molar-refractivity contribution is 5.72. The Labute approximate surface area is 147 Å². The Balaban J connectivity index is 1.67. The first-order valence-corrected chi connectivity index (χ1v) is 8.67. The fourth-order valence-corrected chi connectivity index (χ4v) is 3.29. The molecule has 2 aromatic carbocycles. The van der Waals surface area contributed by atoms with E-state index in [4.69, 9.17) is 4.74 Å². The summed E-state index contributed by atoms with van der Waals surface area (Å²) in [5.41, 5.74) is 4.61. The normalized spacial score (nSPS) is 13.2. The molecule has 0 unspecified atom stereocenters. The van der Waals surface area contributed by atoms with Crippen LogP contribution in [0.15, 0.2) is 61.1 Å². The van der Waals surface area contributed by atoms with E-state index >= 15 is 0 Å². The van der Waals surface area contributed by atoms with E-state index in [1.54, 1.807) is 6.33 Å². The minimum atomic E-state index is 0.705. The van der Waals surface area contributed by atoms with Crippen LogP contribution in [-0.4, -0.2) is 29.7 Å². The Morgan fingerprint density at radius 2 is 2.04 bits per heavy atom. The molecule has 1 N–H and O–H groups in total. The van der Waals surface area contributed by atoms with Gasteiger partial charge in [0.05, 0.1) is 30.8 Å². The molecule has 25 heavy (non-hydrogen) atoms. The lowest BCUT2D eigenvalue weighted by Gasteiger charge is -2.32. The number of aromatic nitrogens is 2. The molecule has 1 aliphatic heterocycles. The number of ether oxygens (including phenoxy) is 1. The third kappa shape index (κ3) is 3.18. The average Bonchev–Trinajstić information content (AvgIpc) is 3.17. The average molecular weight is 334 g/mol. The molecule has 4 rings (SSSR count). The monoisotopic (exact) mass is 334 g/mol. The van der Waals surface area contributed by atoms with E-state index in [-0.39, 0.29) is 0 Å². The molecule has 2 heterocycles. The number of hydrogen-bond acceptors (Lipinski definition) is 4. The summed E-state index contributed by atoms with van der Waals surface area (Å²) in [5.74, 6) is 0.943. The summed E-state index contributed by atoms with van der Waals surface area (Å²) in [6.07, 6.45) is 3.60. The number of H-pyrrole nitrogens is 1. The van der Waals surface area contributed by atoms with Crippen molar-refractivity contribution >= 4 is 17.1 Å². The summed E-state index contributed by atoms with van der Waals surface area (Å²) in [4.78, 5) is 12.0. The molecule has 0 atom stereocenters. The highest BCUT2D eigenvalue weighted by atomic mass is 16.5. The SMILES string of the molecule is CCN(c1ccccc1)c1ccc2c(c1)N(Cc1cnc[nH]1)CCO2. The fraction of sp³-hybridized carbons (Fsp3) is 0.250. The van der Waals surface area contributed by atoms with Crippen molar-refractivity contribution in [3.05, 3.63) is 66.7 Å². The quantitative estimate of drug-likeness (QED) is 0.767. The van der Waals surface area contributed by atoms with Crippen molar-refractivity contribution in [1.29, 1.82) is 0 Å². The summed E-state index contributed by atoms with van der Waals surface area (Å²) in [6, 6.07) is 16.9. The van der Waals surface area contributed by atoms with E-state index in [1.807, 2.05) is 12.3 Å². The van der Waals surface area contributed by atoms with Crippen LogP contribution in [0.2, 0.25) is 0 Å². The van der Waals surface area contributed by atoms with Crippen molar-refractivity contribution in [2.45, 2.75) is 13.5 Å². The molecular formula is C20H22N4O. The second kappa shape index (κ2) is 6.89. The first-order valence-electron chi connectivity index (χ1n) is 8.67. The topological polar surface area (TPSA) is 44.4 Å². The number of anilines is 3. The van der Waals surface area contributed by atoms with Crippen LogP contribution in [0, 0.1) is 0 Å². The number of imidazole rings is 1. The van der Waals surface area contributed by atoms with Gasteiger partial charge in [0, 0.05) is 24.1 Å². The molecule has 0 bridgehead atoms. The summed E-state index contributed by atoms with van der Waals surface area (Å²) in [7, 11) is 0. The van der Waals surface area contributed by atoms with E-state index in [1.165, 1.54) is 11.4 Å². The van der Waals surface area contributed by atoms with Gasteiger partial charge in [-0.3, -0.25) is 0 Å². The molecule has 0 radical (unpaired) electrons. The number of para-hydroxylation sites is 1. The van der Waals surface area contributed by atoms with Crippen molar-refractivity contribution in [2.24, 2.45) is 0 Å². The molecule has 0 saturated heterocycles. The standard InChI is InChI=1S/C20H22N4O/c1-2-24(17-6-4-3-5-7-17)18-8-9-20-19(12-18)23(10-11-25-20)14-16-13-21-15-22-16/h3-9,12-13,15H,2,10-11,14H2,1H3,(H,21,22). The lowest BCUT2D eigenvalue weighted by Crippen LogP contribution is -2.32. The molecule has 1 aromatic heterocycles. The molecule has 0 amide bonds. The van der Waals surface area contributed by atoms with E-state index < -0.39 is 0 Å². The molecule has 0 saturated carbocycles. The van der Waals surface area contributed by atoms with Gasteiger partial charge in [0.1, 0.15) is 12.4 Å². The molecule has 5 nitrogen and oxygen atoms in total. The fourth-order valence-electron chi connectivity index (χ4n) is 3.29. The maximum atomic E-state index is 5.86.